The summed E-state index contributed by atoms with van der Waals surface area (Å²) in [5.74, 6) is 0.241. The Morgan fingerprint density at radius 3 is 2.81 bits per heavy atom. The van der Waals surface area contributed by atoms with Crippen LogP contribution >= 0.6 is 11.3 Å². The zero-order valence-electron chi connectivity index (χ0n) is 11.5. The normalized spacial score (nSPS) is 11.0. The summed E-state index contributed by atoms with van der Waals surface area (Å²) < 4.78 is 2.20. The van der Waals surface area contributed by atoms with Gasteiger partial charge in [0.25, 0.3) is 0 Å². The van der Waals surface area contributed by atoms with Crippen LogP contribution in [0.2, 0.25) is 0 Å². The zero-order valence-corrected chi connectivity index (χ0v) is 12.3. The molecular formula is C16H16N2O2S. The Bertz CT molecular complexity index is 747. The number of hydrogen-bond donors (Lipinski definition) is 1. The first-order valence-electron chi connectivity index (χ1n) is 6.96. The number of fused-ring (bicyclic) bond motifs is 1. The van der Waals surface area contributed by atoms with Crippen molar-refractivity contribution >= 4 is 28.3 Å². The van der Waals surface area contributed by atoms with Crippen molar-refractivity contribution in [3.63, 3.8) is 0 Å². The van der Waals surface area contributed by atoms with Gasteiger partial charge in [-0.1, -0.05) is 18.2 Å². The highest BCUT2D eigenvalue weighted by Gasteiger charge is 2.12. The summed E-state index contributed by atoms with van der Waals surface area (Å²) in [4.78, 5) is 16.5. The quantitative estimate of drug-likeness (QED) is 0.699. The topological polar surface area (TPSA) is 55.1 Å². The molecule has 2 aromatic heterocycles. The molecule has 0 saturated carbocycles. The average Bonchev–Trinajstić information content (AvgIpc) is 3.11. The van der Waals surface area contributed by atoms with E-state index in [1.165, 1.54) is 0 Å². The molecule has 5 heteroatoms. The number of carbonyl (C=O) groups is 1. The molecule has 3 rings (SSSR count). The van der Waals surface area contributed by atoms with Gasteiger partial charge in [-0.2, -0.15) is 0 Å². The van der Waals surface area contributed by atoms with E-state index in [0.29, 0.717) is 6.42 Å². The fourth-order valence-electron chi connectivity index (χ4n) is 2.44. The Morgan fingerprint density at radius 2 is 2.05 bits per heavy atom. The molecule has 0 spiro atoms. The van der Waals surface area contributed by atoms with Crippen LogP contribution in [0.1, 0.15) is 19.3 Å². The molecule has 0 unspecified atom stereocenters. The number of carboxylic acid groups (broad SMARTS) is 1. The van der Waals surface area contributed by atoms with E-state index in [4.69, 9.17) is 10.1 Å². The number of aryl methyl sites for hydroxylation is 1. The molecule has 1 aromatic carbocycles. The first kappa shape index (κ1) is 13.8. The third kappa shape index (κ3) is 2.97. The summed E-state index contributed by atoms with van der Waals surface area (Å²) in [7, 11) is 0. The minimum absolute atomic E-state index is 0.223. The smallest absolute Gasteiger partial charge is 0.303 e. The fraction of sp³-hybridized carbons (Fsp3) is 0.250. The number of thiophene rings is 1. The van der Waals surface area contributed by atoms with E-state index < -0.39 is 5.97 Å². The standard InChI is InChI=1S/C16H16N2O2S/c19-15(20)9-3-4-10-18-13-7-2-1-6-12(13)17-16(18)14-8-5-11-21-14/h1-2,5-8,11H,3-4,9-10H2,(H,19,20). The van der Waals surface area contributed by atoms with Crippen LogP contribution in [0, 0.1) is 0 Å². The summed E-state index contributed by atoms with van der Waals surface area (Å²) in [6.45, 7) is 0.793. The Kier molecular flexibility index (Phi) is 4.01. The number of para-hydroxylation sites is 2. The molecule has 0 aliphatic carbocycles. The summed E-state index contributed by atoms with van der Waals surface area (Å²) in [5, 5.41) is 10.8. The van der Waals surface area contributed by atoms with E-state index in [1.54, 1.807) is 11.3 Å². The van der Waals surface area contributed by atoms with Crippen molar-refractivity contribution in [2.75, 3.05) is 0 Å². The van der Waals surface area contributed by atoms with E-state index in [9.17, 15) is 4.79 Å². The maximum absolute atomic E-state index is 10.6. The van der Waals surface area contributed by atoms with Crippen LogP contribution < -0.4 is 0 Å². The van der Waals surface area contributed by atoms with Gasteiger partial charge in [0.1, 0.15) is 0 Å². The van der Waals surface area contributed by atoms with Crippen molar-refractivity contribution in [3.05, 3.63) is 41.8 Å². The van der Waals surface area contributed by atoms with Crippen molar-refractivity contribution in [3.8, 4) is 10.7 Å². The van der Waals surface area contributed by atoms with Gasteiger partial charge in [0.05, 0.1) is 15.9 Å². The number of unbranched alkanes of at least 4 members (excludes halogenated alkanes) is 1. The number of rotatable bonds is 6. The van der Waals surface area contributed by atoms with Gasteiger partial charge in [0.2, 0.25) is 0 Å². The highest BCUT2D eigenvalue weighted by atomic mass is 32.1. The monoisotopic (exact) mass is 300 g/mol. The van der Waals surface area contributed by atoms with Crippen LogP contribution in [-0.2, 0) is 11.3 Å². The van der Waals surface area contributed by atoms with Crippen LogP contribution in [0.3, 0.4) is 0 Å². The second kappa shape index (κ2) is 6.10. The van der Waals surface area contributed by atoms with Crippen molar-refractivity contribution in [2.24, 2.45) is 0 Å². The maximum Gasteiger partial charge on any atom is 0.303 e. The number of benzene rings is 1. The van der Waals surface area contributed by atoms with E-state index in [-0.39, 0.29) is 6.42 Å². The summed E-state index contributed by atoms with van der Waals surface area (Å²) in [6.07, 6.45) is 1.75. The molecule has 0 radical (unpaired) electrons. The first-order valence-corrected chi connectivity index (χ1v) is 7.84. The third-order valence-corrected chi connectivity index (χ3v) is 4.28. The second-order valence-corrected chi connectivity index (χ2v) is 5.85. The predicted molar refractivity (Wildman–Crippen MR) is 84.5 cm³/mol. The lowest BCUT2D eigenvalue weighted by Gasteiger charge is -2.07. The molecule has 4 nitrogen and oxygen atoms in total. The van der Waals surface area contributed by atoms with Crippen LogP contribution in [0.4, 0.5) is 0 Å². The molecule has 0 amide bonds. The van der Waals surface area contributed by atoms with Gasteiger partial charge >= 0.3 is 5.97 Å². The van der Waals surface area contributed by atoms with Gasteiger partial charge in [0.15, 0.2) is 5.82 Å². The number of imidazole rings is 1. The maximum atomic E-state index is 10.6. The minimum atomic E-state index is -0.732. The second-order valence-electron chi connectivity index (χ2n) is 4.90. The highest BCUT2D eigenvalue weighted by molar-refractivity contribution is 7.13. The molecule has 0 saturated heterocycles. The number of aromatic nitrogens is 2. The molecule has 0 aliphatic heterocycles. The Balaban J connectivity index is 1.91. The molecule has 0 bridgehead atoms. The zero-order chi connectivity index (χ0) is 14.7. The molecular weight excluding hydrogens is 284 g/mol. The minimum Gasteiger partial charge on any atom is -0.481 e. The SMILES string of the molecule is O=C(O)CCCCn1c(-c2cccs2)nc2ccccc21. The van der Waals surface area contributed by atoms with Gasteiger partial charge in [-0.05, 0) is 36.4 Å². The molecule has 1 N–H and O–H groups in total. The predicted octanol–water partition coefficient (Wildman–Crippen LogP) is 4.02. The van der Waals surface area contributed by atoms with Crippen LogP contribution in [0.15, 0.2) is 41.8 Å². The molecule has 0 aliphatic rings. The summed E-state index contributed by atoms with van der Waals surface area (Å²) in [5.41, 5.74) is 2.09. The third-order valence-electron chi connectivity index (χ3n) is 3.42. The molecule has 21 heavy (non-hydrogen) atoms. The lowest BCUT2D eigenvalue weighted by atomic mass is 10.2. The Hall–Kier alpha value is -2.14. The van der Waals surface area contributed by atoms with Crippen LogP contribution in [0.25, 0.3) is 21.7 Å². The summed E-state index contributed by atoms with van der Waals surface area (Å²) >= 11 is 1.67. The lowest BCUT2D eigenvalue weighted by molar-refractivity contribution is -0.137. The van der Waals surface area contributed by atoms with E-state index in [0.717, 1.165) is 34.7 Å². The number of carboxylic acids is 1. The first-order chi connectivity index (χ1) is 10.3. The summed E-state index contributed by atoms with van der Waals surface area (Å²) in [6, 6.07) is 12.2. The Morgan fingerprint density at radius 1 is 1.19 bits per heavy atom. The number of nitrogens with zero attached hydrogens (tertiary/aromatic N) is 2. The molecule has 0 fully saturated rings. The van der Waals surface area contributed by atoms with Gasteiger partial charge in [-0.3, -0.25) is 4.79 Å². The van der Waals surface area contributed by atoms with Gasteiger partial charge in [0, 0.05) is 13.0 Å². The number of aliphatic carboxylic acids is 1. The van der Waals surface area contributed by atoms with Crippen LogP contribution in [-0.4, -0.2) is 20.6 Å². The number of hydrogen-bond acceptors (Lipinski definition) is 3. The van der Waals surface area contributed by atoms with Crippen molar-refractivity contribution in [1.29, 1.82) is 0 Å². The van der Waals surface area contributed by atoms with E-state index >= 15 is 0 Å². The highest BCUT2D eigenvalue weighted by Crippen LogP contribution is 2.28. The molecule has 0 atom stereocenters. The van der Waals surface area contributed by atoms with Crippen LogP contribution in [0.5, 0.6) is 0 Å². The van der Waals surface area contributed by atoms with Gasteiger partial charge in [-0.15, -0.1) is 11.3 Å². The molecule has 2 heterocycles. The Labute approximate surface area is 126 Å². The molecule has 3 aromatic rings. The van der Waals surface area contributed by atoms with Crippen molar-refractivity contribution < 1.29 is 9.90 Å². The van der Waals surface area contributed by atoms with Gasteiger partial charge < -0.3 is 9.67 Å². The van der Waals surface area contributed by atoms with E-state index in [2.05, 4.69) is 16.7 Å². The average molecular weight is 300 g/mol. The lowest BCUT2D eigenvalue weighted by Crippen LogP contribution is -2.02. The van der Waals surface area contributed by atoms with Crippen molar-refractivity contribution in [1.82, 2.24) is 9.55 Å². The van der Waals surface area contributed by atoms with Gasteiger partial charge in [-0.25, -0.2) is 4.98 Å². The van der Waals surface area contributed by atoms with Crippen molar-refractivity contribution in [2.45, 2.75) is 25.8 Å². The fourth-order valence-corrected chi connectivity index (χ4v) is 3.16. The van der Waals surface area contributed by atoms with E-state index in [1.807, 2.05) is 29.6 Å². The largest absolute Gasteiger partial charge is 0.481 e. The molecule has 108 valence electrons.